The number of nitrogens with one attached hydrogen (secondary N) is 1. The number of carbonyl (C=O) groups is 1. The number of hydrogen-bond acceptors (Lipinski definition) is 3. The molecule has 0 fully saturated rings. The molecule has 26 heavy (non-hydrogen) atoms. The van der Waals surface area contributed by atoms with Gasteiger partial charge in [0.1, 0.15) is 6.54 Å². The van der Waals surface area contributed by atoms with Gasteiger partial charge in [0.2, 0.25) is 15.9 Å². The molecule has 0 saturated carbocycles. The first kappa shape index (κ1) is 21.0. The lowest BCUT2D eigenvalue weighted by Gasteiger charge is -2.22. The van der Waals surface area contributed by atoms with Crippen LogP contribution in [-0.4, -0.2) is 33.7 Å². The zero-order valence-corrected chi connectivity index (χ0v) is 18.0. The summed E-state index contributed by atoms with van der Waals surface area (Å²) < 4.78 is 26.2. The summed E-state index contributed by atoms with van der Waals surface area (Å²) in [5.74, 6) is -0.329. The summed E-state index contributed by atoms with van der Waals surface area (Å²) in [4.78, 5) is 12.2. The van der Waals surface area contributed by atoms with E-state index in [9.17, 15) is 13.2 Å². The molecule has 0 radical (unpaired) electrons. The minimum Gasteiger partial charge on any atom is -0.355 e. The van der Waals surface area contributed by atoms with E-state index in [1.807, 2.05) is 24.3 Å². The van der Waals surface area contributed by atoms with Crippen molar-refractivity contribution in [2.24, 2.45) is 0 Å². The van der Waals surface area contributed by atoms with Gasteiger partial charge in [-0.25, -0.2) is 8.42 Å². The number of aryl methyl sites for hydroxylation is 1. The van der Waals surface area contributed by atoms with Crippen molar-refractivity contribution < 1.29 is 13.2 Å². The largest absolute Gasteiger partial charge is 0.355 e. The number of carbonyl (C=O) groups excluding carboxylic acids is 1. The quantitative estimate of drug-likeness (QED) is 0.440. The lowest BCUT2D eigenvalue weighted by Crippen LogP contribution is -2.40. The Balaban J connectivity index is 1.87. The molecule has 0 heterocycles. The average molecular weight is 507 g/mol. The fraction of sp³-hybridized carbons (Fsp3) is 0.278. The molecule has 0 saturated heterocycles. The van der Waals surface area contributed by atoms with Crippen LogP contribution in [0.25, 0.3) is 0 Å². The molecule has 140 valence electrons. The normalized spacial score (nSPS) is 11.2. The highest BCUT2D eigenvalue weighted by molar-refractivity contribution is 14.1. The zero-order chi connectivity index (χ0) is 19.2. The predicted molar refractivity (Wildman–Crippen MR) is 114 cm³/mol. The maximum atomic E-state index is 12.2. The van der Waals surface area contributed by atoms with Crippen molar-refractivity contribution in [2.45, 2.75) is 12.8 Å². The van der Waals surface area contributed by atoms with E-state index in [0.29, 0.717) is 17.3 Å². The van der Waals surface area contributed by atoms with E-state index in [2.05, 4.69) is 27.9 Å². The summed E-state index contributed by atoms with van der Waals surface area (Å²) in [5, 5.41) is 3.47. The van der Waals surface area contributed by atoms with Crippen molar-refractivity contribution in [3.8, 4) is 0 Å². The molecule has 8 heteroatoms. The molecule has 0 spiro atoms. The van der Waals surface area contributed by atoms with Gasteiger partial charge in [0, 0.05) is 15.1 Å². The van der Waals surface area contributed by atoms with Gasteiger partial charge in [0.15, 0.2) is 0 Å². The van der Waals surface area contributed by atoms with Gasteiger partial charge in [0.05, 0.1) is 11.9 Å². The summed E-state index contributed by atoms with van der Waals surface area (Å²) in [6.45, 7) is 0.242. The Morgan fingerprint density at radius 2 is 1.73 bits per heavy atom. The molecule has 2 rings (SSSR count). The molecule has 0 aliphatic heterocycles. The van der Waals surface area contributed by atoms with Crippen LogP contribution in [0.5, 0.6) is 0 Å². The van der Waals surface area contributed by atoms with E-state index in [1.54, 1.807) is 24.3 Å². The van der Waals surface area contributed by atoms with Gasteiger partial charge in [-0.1, -0.05) is 23.7 Å². The Kier molecular flexibility index (Phi) is 7.72. The van der Waals surface area contributed by atoms with E-state index in [0.717, 1.165) is 32.5 Å². The van der Waals surface area contributed by atoms with Gasteiger partial charge < -0.3 is 5.32 Å². The molecule has 0 bridgehead atoms. The van der Waals surface area contributed by atoms with Crippen LogP contribution >= 0.6 is 34.2 Å². The Hall–Kier alpha value is -1.32. The van der Waals surface area contributed by atoms with Crippen molar-refractivity contribution >= 4 is 55.8 Å². The Bertz CT molecular complexity index is 840. The number of benzene rings is 2. The van der Waals surface area contributed by atoms with Crippen LogP contribution in [0.4, 0.5) is 5.69 Å². The zero-order valence-electron chi connectivity index (χ0n) is 14.3. The van der Waals surface area contributed by atoms with E-state index in [-0.39, 0.29) is 12.5 Å². The molecule has 0 aliphatic carbocycles. The third-order valence-electron chi connectivity index (χ3n) is 3.68. The summed E-state index contributed by atoms with van der Waals surface area (Å²) in [5.41, 5.74) is 1.62. The lowest BCUT2D eigenvalue weighted by molar-refractivity contribution is -0.119. The minimum atomic E-state index is -3.55. The molecule has 2 aromatic rings. The molecule has 0 aliphatic rings. The first-order valence-corrected chi connectivity index (χ1v) is 11.3. The highest BCUT2D eigenvalue weighted by atomic mass is 127. The van der Waals surface area contributed by atoms with E-state index in [1.165, 1.54) is 0 Å². The van der Waals surface area contributed by atoms with E-state index >= 15 is 0 Å². The molecular weight excluding hydrogens is 487 g/mol. The van der Waals surface area contributed by atoms with Crippen LogP contribution in [0.3, 0.4) is 0 Å². The summed E-state index contributed by atoms with van der Waals surface area (Å²) in [6, 6.07) is 14.6. The Morgan fingerprint density at radius 1 is 1.12 bits per heavy atom. The van der Waals surface area contributed by atoms with E-state index in [4.69, 9.17) is 11.6 Å². The number of halogens is 2. The second-order valence-corrected chi connectivity index (χ2v) is 9.41. The van der Waals surface area contributed by atoms with Gasteiger partial charge in [0.25, 0.3) is 0 Å². The predicted octanol–water partition coefficient (Wildman–Crippen LogP) is 3.46. The molecule has 0 aromatic heterocycles. The second kappa shape index (κ2) is 9.57. The van der Waals surface area contributed by atoms with Crippen molar-refractivity contribution in [1.82, 2.24) is 5.32 Å². The summed E-state index contributed by atoms with van der Waals surface area (Å²) >= 11 is 7.99. The topological polar surface area (TPSA) is 66.5 Å². The Labute approximate surface area is 172 Å². The maximum absolute atomic E-state index is 12.2. The fourth-order valence-corrected chi connectivity index (χ4v) is 3.71. The van der Waals surface area contributed by atoms with Crippen molar-refractivity contribution in [1.29, 1.82) is 0 Å². The van der Waals surface area contributed by atoms with E-state index < -0.39 is 10.0 Å². The second-order valence-electron chi connectivity index (χ2n) is 5.83. The monoisotopic (exact) mass is 506 g/mol. The minimum absolute atomic E-state index is 0.236. The summed E-state index contributed by atoms with van der Waals surface area (Å²) in [7, 11) is -3.55. The molecule has 1 N–H and O–H groups in total. The number of anilines is 1. The number of sulfonamides is 1. The van der Waals surface area contributed by atoms with Gasteiger partial charge in [-0.15, -0.1) is 0 Å². The van der Waals surface area contributed by atoms with Crippen molar-refractivity contribution in [2.75, 3.05) is 23.7 Å². The van der Waals surface area contributed by atoms with Gasteiger partial charge in [-0.3, -0.25) is 9.10 Å². The van der Waals surface area contributed by atoms with Crippen LogP contribution in [0, 0.1) is 3.57 Å². The smallest absolute Gasteiger partial charge is 0.240 e. The number of rotatable bonds is 8. The first-order chi connectivity index (χ1) is 12.3. The average Bonchev–Trinajstić information content (AvgIpc) is 2.58. The Morgan fingerprint density at radius 3 is 2.31 bits per heavy atom. The highest BCUT2D eigenvalue weighted by Gasteiger charge is 2.20. The fourth-order valence-electron chi connectivity index (χ4n) is 2.37. The number of hydrogen-bond donors (Lipinski definition) is 1. The van der Waals surface area contributed by atoms with Crippen LogP contribution in [0.1, 0.15) is 12.0 Å². The lowest BCUT2D eigenvalue weighted by atomic mass is 10.1. The highest BCUT2D eigenvalue weighted by Crippen LogP contribution is 2.18. The van der Waals surface area contributed by atoms with Crippen LogP contribution < -0.4 is 9.62 Å². The molecule has 2 aromatic carbocycles. The van der Waals surface area contributed by atoms with Gasteiger partial charge in [-0.2, -0.15) is 0 Å². The van der Waals surface area contributed by atoms with Gasteiger partial charge in [-0.05, 0) is 77.4 Å². The maximum Gasteiger partial charge on any atom is 0.240 e. The number of nitrogens with zero attached hydrogens (tertiary/aromatic N) is 1. The molecular formula is C18H20ClIN2O3S. The molecule has 5 nitrogen and oxygen atoms in total. The molecule has 0 atom stereocenters. The van der Waals surface area contributed by atoms with Crippen LogP contribution in [0.15, 0.2) is 48.5 Å². The standard InChI is InChI=1S/C18H20ClIN2O3S/c1-26(24,25)22(17-10-8-16(20)9-11-17)13-18(23)21-12-2-3-14-4-6-15(19)7-5-14/h4-11H,2-3,12-13H2,1H3,(H,21,23). The SMILES string of the molecule is CS(=O)(=O)N(CC(=O)NCCCc1ccc(Cl)cc1)c1ccc(I)cc1. The number of amides is 1. The van der Waals surface area contributed by atoms with Crippen molar-refractivity contribution in [3.63, 3.8) is 0 Å². The first-order valence-electron chi connectivity index (χ1n) is 8.00. The molecule has 1 amide bonds. The summed E-state index contributed by atoms with van der Waals surface area (Å²) in [6.07, 6.45) is 2.67. The third-order valence-corrected chi connectivity index (χ3v) is 5.79. The molecule has 0 unspecified atom stereocenters. The third kappa shape index (κ3) is 6.77. The van der Waals surface area contributed by atoms with Crippen LogP contribution in [-0.2, 0) is 21.2 Å². The van der Waals surface area contributed by atoms with Gasteiger partial charge >= 0.3 is 0 Å². The van der Waals surface area contributed by atoms with Crippen molar-refractivity contribution in [3.05, 3.63) is 62.7 Å². The van der Waals surface area contributed by atoms with Crippen LogP contribution in [0.2, 0.25) is 5.02 Å².